The zero-order chi connectivity index (χ0) is 13.2. The smallest absolute Gasteiger partial charge is 0.323 e. The summed E-state index contributed by atoms with van der Waals surface area (Å²) in [6, 6.07) is -0.488. The van der Waals surface area contributed by atoms with Crippen molar-refractivity contribution in [2.75, 3.05) is 6.54 Å². The van der Waals surface area contributed by atoms with Gasteiger partial charge in [-0.3, -0.25) is 4.79 Å². The molecule has 4 nitrogen and oxygen atoms in total. The van der Waals surface area contributed by atoms with Crippen molar-refractivity contribution in [2.24, 2.45) is 11.5 Å². The van der Waals surface area contributed by atoms with E-state index < -0.39 is 6.04 Å². The molecule has 2 atom stereocenters. The van der Waals surface area contributed by atoms with E-state index in [1.165, 1.54) is 0 Å². The van der Waals surface area contributed by atoms with Crippen molar-refractivity contribution < 1.29 is 9.53 Å². The van der Waals surface area contributed by atoms with Gasteiger partial charge in [-0.25, -0.2) is 0 Å². The predicted octanol–water partition coefficient (Wildman–Crippen LogP) is 1.87. The van der Waals surface area contributed by atoms with E-state index in [1.54, 1.807) is 0 Å². The number of carbonyl (C=O) groups excluding carboxylic acids is 1. The molecule has 0 aromatic rings. The van der Waals surface area contributed by atoms with Gasteiger partial charge in [-0.05, 0) is 51.5 Å². The molecular formula is C14H26N2O2. The number of hydrogen-bond donors (Lipinski definition) is 2. The highest BCUT2D eigenvalue weighted by molar-refractivity contribution is 5.75. The Labute approximate surface area is 110 Å². The Morgan fingerprint density at radius 1 is 1.28 bits per heavy atom. The first-order valence-corrected chi connectivity index (χ1v) is 7.05. The molecule has 0 aromatic carbocycles. The van der Waals surface area contributed by atoms with E-state index >= 15 is 0 Å². The molecule has 4 heteroatoms. The van der Waals surface area contributed by atoms with Crippen LogP contribution in [0.4, 0.5) is 0 Å². The number of allylic oxidation sites excluding steroid dienone is 2. The molecule has 0 saturated carbocycles. The fourth-order valence-electron chi connectivity index (χ4n) is 2.12. The molecule has 18 heavy (non-hydrogen) atoms. The van der Waals surface area contributed by atoms with E-state index in [9.17, 15) is 4.79 Å². The topological polar surface area (TPSA) is 78.3 Å². The van der Waals surface area contributed by atoms with Gasteiger partial charge in [-0.2, -0.15) is 0 Å². The Morgan fingerprint density at radius 3 is 2.83 bits per heavy atom. The van der Waals surface area contributed by atoms with Crippen molar-refractivity contribution in [3.05, 3.63) is 12.2 Å². The van der Waals surface area contributed by atoms with Crippen LogP contribution in [0.25, 0.3) is 0 Å². The van der Waals surface area contributed by atoms with Gasteiger partial charge in [0, 0.05) is 0 Å². The maximum absolute atomic E-state index is 11.8. The van der Waals surface area contributed by atoms with Crippen molar-refractivity contribution in [1.82, 2.24) is 0 Å². The van der Waals surface area contributed by atoms with Gasteiger partial charge < -0.3 is 16.2 Å². The van der Waals surface area contributed by atoms with Crippen LogP contribution in [-0.2, 0) is 9.53 Å². The van der Waals surface area contributed by atoms with Crippen LogP contribution in [0, 0.1) is 0 Å². The van der Waals surface area contributed by atoms with Crippen LogP contribution in [-0.4, -0.2) is 24.7 Å². The van der Waals surface area contributed by atoms with Crippen LogP contribution in [0.5, 0.6) is 0 Å². The number of carbonyl (C=O) groups is 1. The fourth-order valence-corrected chi connectivity index (χ4v) is 2.12. The lowest BCUT2D eigenvalue weighted by atomic mass is 10.0. The van der Waals surface area contributed by atoms with Crippen LogP contribution < -0.4 is 11.5 Å². The van der Waals surface area contributed by atoms with Gasteiger partial charge in [0.15, 0.2) is 0 Å². The van der Waals surface area contributed by atoms with Gasteiger partial charge in [-0.15, -0.1) is 0 Å². The number of hydrogen-bond acceptors (Lipinski definition) is 4. The van der Waals surface area contributed by atoms with Crippen molar-refractivity contribution >= 4 is 5.97 Å². The number of ether oxygens (including phenoxy) is 1. The maximum Gasteiger partial charge on any atom is 0.323 e. The molecule has 4 N–H and O–H groups in total. The third-order valence-electron chi connectivity index (χ3n) is 3.27. The molecule has 0 fully saturated rings. The number of esters is 1. The third kappa shape index (κ3) is 6.17. The molecule has 104 valence electrons. The molecule has 0 spiro atoms. The summed E-state index contributed by atoms with van der Waals surface area (Å²) in [5, 5.41) is 0. The molecule has 0 radical (unpaired) electrons. The molecule has 1 unspecified atom stereocenters. The van der Waals surface area contributed by atoms with E-state index in [2.05, 4.69) is 12.2 Å². The van der Waals surface area contributed by atoms with E-state index in [0.29, 0.717) is 13.0 Å². The second-order valence-electron chi connectivity index (χ2n) is 4.93. The zero-order valence-corrected chi connectivity index (χ0v) is 11.1. The first kappa shape index (κ1) is 15.2. The minimum absolute atomic E-state index is 0.0445. The quantitative estimate of drug-likeness (QED) is 0.431. The fraction of sp³-hybridized carbons (Fsp3) is 0.786. The molecule has 0 bridgehead atoms. The first-order valence-electron chi connectivity index (χ1n) is 7.05. The lowest BCUT2D eigenvalue weighted by Gasteiger charge is -2.20. The van der Waals surface area contributed by atoms with E-state index in [0.717, 1.165) is 44.9 Å². The molecular weight excluding hydrogens is 228 g/mol. The molecule has 0 aromatic heterocycles. The van der Waals surface area contributed by atoms with Crippen LogP contribution >= 0.6 is 0 Å². The lowest BCUT2D eigenvalue weighted by molar-refractivity contribution is -0.151. The number of unbranched alkanes of at least 4 members (excludes halogenated alkanes) is 1. The van der Waals surface area contributed by atoms with Crippen molar-refractivity contribution in [3.8, 4) is 0 Å². The Bertz CT molecular complexity index is 267. The standard InChI is InChI=1S/C14H26N2O2/c15-11-7-6-10-13(16)14(17)18-12-8-4-2-1-3-5-9-12/h1-2,12-13H,3-11,15-16H2/t12?,13-/m0/s1. The maximum atomic E-state index is 11.8. The van der Waals surface area contributed by atoms with Gasteiger partial charge in [0.1, 0.15) is 12.1 Å². The largest absolute Gasteiger partial charge is 0.461 e. The minimum Gasteiger partial charge on any atom is -0.461 e. The van der Waals surface area contributed by atoms with Crippen molar-refractivity contribution in [2.45, 2.75) is 63.5 Å². The summed E-state index contributed by atoms with van der Waals surface area (Å²) in [4.78, 5) is 11.8. The average Bonchev–Trinajstić information content (AvgIpc) is 2.32. The summed E-state index contributed by atoms with van der Waals surface area (Å²) in [7, 11) is 0. The summed E-state index contributed by atoms with van der Waals surface area (Å²) >= 11 is 0. The summed E-state index contributed by atoms with van der Waals surface area (Å²) in [6.07, 6.45) is 11.9. The molecule has 0 saturated heterocycles. The predicted molar refractivity (Wildman–Crippen MR) is 73.0 cm³/mol. The SMILES string of the molecule is NCCCC[C@H](N)C(=O)OC1CCC=CCCC1. The van der Waals surface area contributed by atoms with E-state index in [-0.39, 0.29) is 12.1 Å². The molecule has 1 aliphatic carbocycles. The zero-order valence-electron chi connectivity index (χ0n) is 11.1. The second-order valence-corrected chi connectivity index (χ2v) is 4.93. The summed E-state index contributed by atoms with van der Waals surface area (Å²) in [5.74, 6) is -0.249. The van der Waals surface area contributed by atoms with Crippen LogP contribution in [0.15, 0.2) is 12.2 Å². The van der Waals surface area contributed by atoms with E-state index in [1.807, 2.05) is 0 Å². The average molecular weight is 254 g/mol. The molecule has 0 heterocycles. The molecule has 1 aliphatic rings. The Kier molecular flexibility index (Phi) is 7.69. The van der Waals surface area contributed by atoms with Gasteiger partial charge in [0.25, 0.3) is 0 Å². The van der Waals surface area contributed by atoms with E-state index in [4.69, 9.17) is 16.2 Å². The molecule has 0 amide bonds. The van der Waals surface area contributed by atoms with Gasteiger partial charge >= 0.3 is 5.97 Å². The van der Waals surface area contributed by atoms with Crippen molar-refractivity contribution in [1.29, 1.82) is 0 Å². The summed E-state index contributed by atoms with van der Waals surface area (Å²) in [6.45, 7) is 0.650. The van der Waals surface area contributed by atoms with Crippen LogP contribution in [0.1, 0.15) is 51.4 Å². The Balaban J connectivity index is 2.26. The second kappa shape index (κ2) is 9.11. The highest BCUT2D eigenvalue weighted by Gasteiger charge is 2.19. The lowest BCUT2D eigenvalue weighted by Crippen LogP contribution is -2.35. The van der Waals surface area contributed by atoms with Crippen LogP contribution in [0.3, 0.4) is 0 Å². The Hall–Kier alpha value is -0.870. The first-order chi connectivity index (χ1) is 8.74. The van der Waals surface area contributed by atoms with Gasteiger partial charge in [0.05, 0.1) is 0 Å². The van der Waals surface area contributed by atoms with Gasteiger partial charge in [-0.1, -0.05) is 18.6 Å². The molecule has 0 aliphatic heterocycles. The summed E-state index contributed by atoms with van der Waals surface area (Å²) in [5.41, 5.74) is 11.2. The normalized spacial score (nSPS) is 22.0. The number of nitrogens with two attached hydrogens (primary N) is 2. The number of rotatable bonds is 6. The van der Waals surface area contributed by atoms with Gasteiger partial charge in [0.2, 0.25) is 0 Å². The minimum atomic E-state index is -0.488. The molecule has 1 rings (SSSR count). The highest BCUT2D eigenvalue weighted by Crippen LogP contribution is 2.16. The highest BCUT2D eigenvalue weighted by atomic mass is 16.5. The van der Waals surface area contributed by atoms with Crippen molar-refractivity contribution in [3.63, 3.8) is 0 Å². The monoisotopic (exact) mass is 254 g/mol. The third-order valence-corrected chi connectivity index (χ3v) is 3.27. The Morgan fingerprint density at radius 2 is 2.06 bits per heavy atom. The van der Waals surface area contributed by atoms with Crippen LogP contribution in [0.2, 0.25) is 0 Å². The summed E-state index contributed by atoms with van der Waals surface area (Å²) < 4.78 is 5.49.